The van der Waals surface area contributed by atoms with Crippen LogP contribution in [-0.4, -0.2) is 9.97 Å². The summed E-state index contributed by atoms with van der Waals surface area (Å²) in [6.07, 6.45) is 3.77. The van der Waals surface area contributed by atoms with Gasteiger partial charge in [0.05, 0.1) is 11.0 Å². The van der Waals surface area contributed by atoms with Crippen LogP contribution in [-0.2, 0) is 0 Å². The molecule has 0 aliphatic rings. The van der Waals surface area contributed by atoms with Crippen molar-refractivity contribution in [3.05, 3.63) is 122 Å². The summed E-state index contributed by atoms with van der Waals surface area (Å²) in [5.41, 5.74) is 6.57. The van der Waals surface area contributed by atoms with Crippen LogP contribution < -0.4 is 0 Å². The molecule has 0 fully saturated rings. The van der Waals surface area contributed by atoms with Crippen LogP contribution in [0.15, 0.2) is 122 Å². The molecule has 34 heavy (non-hydrogen) atoms. The summed E-state index contributed by atoms with van der Waals surface area (Å²) in [7, 11) is 0. The van der Waals surface area contributed by atoms with Gasteiger partial charge in [-0.3, -0.25) is 9.97 Å². The lowest BCUT2D eigenvalue weighted by Gasteiger charge is -2.17. The van der Waals surface area contributed by atoms with Crippen LogP contribution in [0.3, 0.4) is 0 Å². The third-order valence-electron chi connectivity index (χ3n) is 6.72. The minimum atomic E-state index is 0.979. The van der Waals surface area contributed by atoms with Crippen LogP contribution in [0, 0.1) is 0 Å². The molecule has 7 rings (SSSR count). The molecular formula is C32H20N2. The van der Waals surface area contributed by atoms with Crippen molar-refractivity contribution in [3.63, 3.8) is 0 Å². The molecule has 2 aromatic heterocycles. The quantitative estimate of drug-likeness (QED) is 0.256. The lowest BCUT2D eigenvalue weighted by molar-refractivity contribution is 1.39. The van der Waals surface area contributed by atoms with E-state index in [1.165, 1.54) is 32.7 Å². The van der Waals surface area contributed by atoms with Crippen molar-refractivity contribution < 1.29 is 0 Å². The number of aromatic nitrogens is 2. The van der Waals surface area contributed by atoms with E-state index in [9.17, 15) is 0 Å². The lowest BCUT2D eigenvalue weighted by Crippen LogP contribution is -1.94. The molecule has 0 bridgehead atoms. The van der Waals surface area contributed by atoms with Gasteiger partial charge in [0, 0.05) is 34.3 Å². The standard InChI is InChI=1S/C32H20N2/c1-2-10-23-20-24(17-16-21(23)8-1)29-31-27(14-6-18-33-31)30(28-15-7-19-34-32(28)29)26-13-5-11-22-9-3-4-12-25(22)26/h1-20H. The van der Waals surface area contributed by atoms with Crippen LogP contribution in [0.4, 0.5) is 0 Å². The number of pyridine rings is 2. The fourth-order valence-electron chi connectivity index (χ4n) is 5.22. The first-order valence-corrected chi connectivity index (χ1v) is 11.5. The Hall–Kier alpha value is -4.56. The maximum absolute atomic E-state index is 4.91. The average Bonchev–Trinajstić information content (AvgIpc) is 2.91. The Labute approximate surface area is 197 Å². The Morgan fingerprint density at radius 3 is 1.79 bits per heavy atom. The maximum atomic E-state index is 4.91. The van der Waals surface area contributed by atoms with Crippen molar-refractivity contribution in [1.29, 1.82) is 0 Å². The summed E-state index contributed by atoms with van der Waals surface area (Å²) < 4.78 is 0. The highest BCUT2D eigenvalue weighted by Crippen LogP contribution is 2.44. The van der Waals surface area contributed by atoms with Gasteiger partial charge in [-0.25, -0.2) is 0 Å². The van der Waals surface area contributed by atoms with E-state index in [0.717, 1.165) is 32.9 Å². The van der Waals surface area contributed by atoms with Crippen LogP contribution in [0.25, 0.3) is 65.6 Å². The van der Waals surface area contributed by atoms with E-state index in [-0.39, 0.29) is 0 Å². The summed E-state index contributed by atoms with van der Waals surface area (Å²) in [5, 5.41) is 7.19. The molecule has 2 heterocycles. The zero-order chi connectivity index (χ0) is 22.5. The number of nitrogens with zero attached hydrogens (tertiary/aromatic N) is 2. The Morgan fingerprint density at radius 1 is 0.412 bits per heavy atom. The first kappa shape index (κ1) is 19.0. The topological polar surface area (TPSA) is 25.8 Å². The third-order valence-corrected chi connectivity index (χ3v) is 6.72. The van der Waals surface area contributed by atoms with Crippen molar-refractivity contribution >= 4 is 43.4 Å². The normalized spacial score (nSPS) is 11.5. The van der Waals surface area contributed by atoms with Crippen LogP contribution in [0.5, 0.6) is 0 Å². The lowest BCUT2D eigenvalue weighted by atomic mass is 9.88. The molecule has 0 atom stereocenters. The van der Waals surface area contributed by atoms with Gasteiger partial charge in [-0.1, -0.05) is 91.0 Å². The minimum absolute atomic E-state index is 0.979. The van der Waals surface area contributed by atoms with E-state index in [4.69, 9.17) is 9.97 Å². The summed E-state index contributed by atoms with van der Waals surface area (Å²) in [4.78, 5) is 9.83. The average molecular weight is 433 g/mol. The number of fused-ring (bicyclic) bond motifs is 4. The van der Waals surface area contributed by atoms with Gasteiger partial charge in [-0.2, -0.15) is 0 Å². The molecule has 5 aromatic carbocycles. The molecule has 0 spiro atoms. The highest BCUT2D eigenvalue weighted by Gasteiger charge is 2.19. The second-order valence-corrected chi connectivity index (χ2v) is 8.64. The molecule has 2 heteroatoms. The number of benzene rings is 5. The fourth-order valence-corrected chi connectivity index (χ4v) is 5.22. The van der Waals surface area contributed by atoms with Gasteiger partial charge >= 0.3 is 0 Å². The summed E-state index contributed by atoms with van der Waals surface area (Å²) in [5.74, 6) is 0. The van der Waals surface area contributed by atoms with Gasteiger partial charge in [0.2, 0.25) is 0 Å². The van der Waals surface area contributed by atoms with Gasteiger partial charge in [-0.05, 0) is 50.9 Å². The van der Waals surface area contributed by atoms with Crippen molar-refractivity contribution in [1.82, 2.24) is 9.97 Å². The van der Waals surface area contributed by atoms with Gasteiger partial charge in [0.15, 0.2) is 0 Å². The third kappa shape index (κ3) is 2.82. The Bertz CT molecular complexity index is 1810. The molecule has 0 aliphatic carbocycles. The van der Waals surface area contributed by atoms with Gasteiger partial charge < -0.3 is 0 Å². The number of hydrogen-bond acceptors (Lipinski definition) is 2. The molecule has 0 radical (unpaired) electrons. The molecular weight excluding hydrogens is 412 g/mol. The highest BCUT2D eigenvalue weighted by molar-refractivity contribution is 6.21. The van der Waals surface area contributed by atoms with Gasteiger partial charge in [-0.15, -0.1) is 0 Å². The Balaban J connectivity index is 1.66. The van der Waals surface area contributed by atoms with E-state index < -0.39 is 0 Å². The Morgan fingerprint density at radius 2 is 1.03 bits per heavy atom. The fraction of sp³-hybridized carbons (Fsp3) is 0. The summed E-state index contributed by atoms with van der Waals surface area (Å²) >= 11 is 0. The zero-order valence-corrected chi connectivity index (χ0v) is 18.4. The summed E-state index contributed by atoms with van der Waals surface area (Å²) in [6, 6.07) is 38.6. The SMILES string of the molecule is c1ccc2cc(-c3c4ncccc4c(-c4cccc5ccccc45)c4cccnc34)ccc2c1. The molecule has 0 saturated carbocycles. The number of rotatable bonds is 2. The van der Waals surface area contributed by atoms with E-state index in [2.05, 4.69) is 97.1 Å². The zero-order valence-electron chi connectivity index (χ0n) is 18.4. The van der Waals surface area contributed by atoms with Crippen molar-refractivity contribution in [2.24, 2.45) is 0 Å². The highest BCUT2D eigenvalue weighted by atomic mass is 14.7. The molecule has 0 amide bonds. The molecule has 0 aliphatic heterocycles. The predicted molar refractivity (Wildman–Crippen MR) is 143 cm³/mol. The van der Waals surface area contributed by atoms with E-state index in [0.29, 0.717) is 0 Å². The smallest absolute Gasteiger partial charge is 0.0808 e. The molecule has 0 N–H and O–H groups in total. The van der Waals surface area contributed by atoms with E-state index in [1.54, 1.807) is 0 Å². The molecule has 0 saturated heterocycles. The maximum Gasteiger partial charge on any atom is 0.0808 e. The second-order valence-electron chi connectivity index (χ2n) is 8.64. The van der Waals surface area contributed by atoms with Gasteiger partial charge in [0.1, 0.15) is 0 Å². The first-order valence-electron chi connectivity index (χ1n) is 11.5. The monoisotopic (exact) mass is 432 g/mol. The first-order chi connectivity index (χ1) is 16.9. The molecule has 7 aromatic rings. The van der Waals surface area contributed by atoms with Crippen LogP contribution >= 0.6 is 0 Å². The Kier molecular flexibility index (Phi) is 4.18. The largest absolute Gasteiger partial charge is 0.256 e. The predicted octanol–water partition coefficient (Wildman–Crippen LogP) is 8.42. The van der Waals surface area contributed by atoms with Crippen LogP contribution in [0.2, 0.25) is 0 Å². The van der Waals surface area contributed by atoms with Gasteiger partial charge in [0.25, 0.3) is 0 Å². The van der Waals surface area contributed by atoms with Crippen molar-refractivity contribution in [2.75, 3.05) is 0 Å². The molecule has 0 unspecified atom stereocenters. The molecule has 2 nitrogen and oxygen atoms in total. The van der Waals surface area contributed by atoms with Crippen LogP contribution in [0.1, 0.15) is 0 Å². The minimum Gasteiger partial charge on any atom is -0.256 e. The summed E-state index contributed by atoms with van der Waals surface area (Å²) in [6.45, 7) is 0. The van der Waals surface area contributed by atoms with Crippen molar-refractivity contribution in [3.8, 4) is 22.3 Å². The number of hydrogen-bond donors (Lipinski definition) is 0. The van der Waals surface area contributed by atoms with E-state index in [1.807, 2.05) is 24.5 Å². The van der Waals surface area contributed by atoms with Crippen molar-refractivity contribution in [2.45, 2.75) is 0 Å². The molecule has 158 valence electrons. The second kappa shape index (κ2) is 7.50. The van der Waals surface area contributed by atoms with E-state index >= 15 is 0 Å².